The number of para-hydroxylation sites is 1. The van der Waals surface area contributed by atoms with Crippen LogP contribution >= 0.6 is 0 Å². The van der Waals surface area contributed by atoms with Crippen LogP contribution in [0, 0.1) is 0 Å². The summed E-state index contributed by atoms with van der Waals surface area (Å²) in [6.07, 6.45) is 4.67. The summed E-state index contributed by atoms with van der Waals surface area (Å²) in [7, 11) is 1.32. The molecule has 0 saturated carbocycles. The first kappa shape index (κ1) is 22.0. The maximum Gasteiger partial charge on any atom is 0.311 e. The van der Waals surface area contributed by atoms with Crippen molar-refractivity contribution >= 4 is 21.9 Å². The Hall–Kier alpha value is -3.25. The zero-order chi connectivity index (χ0) is 22.3. The molecule has 1 unspecified atom stereocenters. The first-order valence-electron chi connectivity index (χ1n) is 10.6. The lowest BCUT2D eigenvalue weighted by Crippen LogP contribution is -2.29. The summed E-state index contributed by atoms with van der Waals surface area (Å²) in [6, 6.07) is 23.6. The molecule has 2 heterocycles. The van der Waals surface area contributed by atoms with Gasteiger partial charge in [0.25, 0.3) is 4.90 Å². The van der Waals surface area contributed by atoms with Crippen molar-refractivity contribution in [3.05, 3.63) is 94.9 Å². The minimum atomic E-state index is -0.305. The number of hydrogen-bond donors (Lipinski definition) is 0. The Bertz CT molecular complexity index is 1230. The van der Waals surface area contributed by atoms with E-state index in [4.69, 9.17) is 9.47 Å². The van der Waals surface area contributed by atoms with Crippen LogP contribution in [0.4, 0.5) is 0 Å². The minimum Gasteiger partial charge on any atom is -0.493 e. The normalized spacial score (nSPS) is 11.9. The van der Waals surface area contributed by atoms with E-state index in [9.17, 15) is 4.79 Å². The molecular formula is C26H27N2O3S+. The fourth-order valence-corrected chi connectivity index (χ4v) is 5.41. The van der Waals surface area contributed by atoms with Crippen LogP contribution in [-0.2, 0) is 17.4 Å². The maximum atomic E-state index is 13.7. The van der Waals surface area contributed by atoms with Crippen molar-refractivity contribution in [1.29, 1.82) is 0 Å². The van der Waals surface area contributed by atoms with Crippen LogP contribution in [0.15, 0.2) is 88.7 Å². The van der Waals surface area contributed by atoms with E-state index in [1.54, 1.807) is 17.9 Å². The second-order valence-electron chi connectivity index (χ2n) is 7.47. The predicted molar refractivity (Wildman–Crippen MR) is 131 cm³/mol. The van der Waals surface area contributed by atoms with Gasteiger partial charge in [-0.05, 0) is 29.8 Å². The molecule has 0 N–H and O–H groups in total. The summed E-state index contributed by atoms with van der Waals surface area (Å²) in [6.45, 7) is 1.08. The lowest BCUT2D eigenvalue weighted by atomic mass is 10.2. The summed E-state index contributed by atoms with van der Waals surface area (Å²) in [5, 5.41) is 0.861. The van der Waals surface area contributed by atoms with E-state index in [1.165, 1.54) is 0 Å². The van der Waals surface area contributed by atoms with Gasteiger partial charge < -0.3 is 9.47 Å². The van der Waals surface area contributed by atoms with E-state index in [-0.39, 0.29) is 16.5 Å². The Morgan fingerprint density at radius 2 is 1.69 bits per heavy atom. The molecule has 2 aromatic carbocycles. The third-order valence-electron chi connectivity index (χ3n) is 5.28. The zero-order valence-electron chi connectivity index (χ0n) is 18.4. The molecule has 4 rings (SSSR count). The molecule has 0 aliphatic rings. The highest BCUT2D eigenvalue weighted by molar-refractivity contribution is 7.96. The van der Waals surface area contributed by atoms with Crippen LogP contribution in [0.5, 0.6) is 11.5 Å². The molecule has 0 aliphatic heterocycles. The standard InChI is InChI=1S/C26H27N2O3S/c1-30-23-22-15-9-16-27-25(22)28(19-20-11-5-3-6-12-20)26(29)24(23)32(2)18-10-17-31-21-13-7-4-8-14-21/h3-9,11-16H,10,17-19H2,1-2H3/q+1. The molecule has 0 amide bonds. The average Bonchev–Trinajstić information content (AvgIpc) is 2.84. The first-order chi connectivity index (χ1) is 15.7. The topological polar surface area (TPSA) is 53.4 Å². The second kappa shape index (κ2) is 10.4. The van der Waals surface area contributed by atoms with Crippen LogP contribution in [-0.4, -0.2) is 35.3 Å². The van der Waals surface area contributed by atoms with Gasteiger partial charge in [-0.1, -0.05) is 48.5 Å². The van der Waals surface area contributed by atoms with E-state index < -0.39 is 0 Å². The van der Waals surface area contributed by atoms with Gasteiger partial charge in [0.15, 0.2) is 5.75 Å². The highest BCUT2D eigenvalue weighted by atomic mass is 32.2. The number of benzene rings is 2. The third-order valence-corrected chi connectivity index (χ3v) is 7.23. The Labute approximate surface area is 191 Å². The third kappa shape index (κ3) is 4.81. The van der Waals surface area contributed by atoms with Gasteiger partial charge in [-0.15, -0.1) is 0 Å². The minimum absolute atomic E-state index is 0.0354. The van der Waals surface area contributed by atoms with Gasteiger partial charge >= 0.3 is 5.56 Å². The number of ether oxygens (including phenoxy) is 2. The fourth-order valence-electron chi connectivity index (χ4n) is 3.73. The number of methoxy groups -OCH3 is 1. The van der Waals surface area contributed by atoms with Crippen molar-refractivity contribution in [1.82, 2.24) is 9.55 Å². The number of fused-ring (bicyclic) bond motifs is 1. The molecule has 32 heavy (non-hydrogen) atoms. The summed E-state index contributed by atoms with van der Waals surface area (Å²) < 4.78 is 13.4. The Morgan fingerprint density at radius 1 is 0.969 bits per heavy atom. The van der Waals surface area contributed by atoms with Crippen LogP contribution in [0.3, 0.4) is 0 Å². The van der Waals surface area contributed by atoms with Crippen molar-refractivity contribution in [3.8, 4) is 11.5 Å². The van der Waals surface area contributed by atoms with Crippen LogP contribution in [0.25, 0.3) is 11.0 Å². The monoisotopic (exact) mass is 447 g/mol. The van der Waals surface area contributed by atoms with Gasteiger partial charge in [0.2, 0.25) is 0 Å². The second-order valence-corrected chi connectivity index (χ2v) is 9.56. The van der Waals surface area contributed by atoms with Crippen molar-refractivity contribution in [2.75, 3.05) is 25.7 Å². The number of hydrogen-bond acceptors (Lipinski definition) is 4. The van der Waals surface area contributed by atoms with Crippen molar-refractivity contribution in [2.24, 2.45) is 0 Å². The number of rotatable bonds is 9. The van der Waals surface area contributed by atoms with E-state index in [0.29, 0.717) is 24.5 Å². The predicted octanol–water partition coefficient (Wildman–Crippen LogP) is 4.53. The molecule has 1 atom stereocenters. The molecule has 0 aliphatic carbocycles. The van der Waals surface area contributed by atoms with Gasteiger partial charge in [0.05, 0.1) is 25.6 Å². The van der Waals surface area contributed by atoms with Crippen LogP contribution in [0.2, 0.25) is 0 Å². The summed E-state index contributed by atoms with van der Waals surface area (Å²) >= 11 is 0. The Balaban J connectivity index is 1.63. The molecule has 0 radical (unpaired) electrons. The lowest BCUT2D eigenvalue weighted by Gasteiger charge is -2.15. The molecule has 2 aromatic heterocycles. The highest BCUT2D eigenvalue weighted by Crippen LogP contribution is 2.30. The van der Waals surface area contributed by atoms with Crippen molar-refractivity contribution in [3.63, 3.8) is 0 Å². The number of nitrogens with zero attached hydrogens (tertiary/aromatic N) is 2. The van der Waals surface area contributed by atoms with Gasteiger partial charge in [-0.2, -0.15) is 0 Å². The first-order valence-corrected chi connectivity index (χ1v) is 12.4. The molecule has 0 bridgehead atoms. The summed E-state index contributed by atoms with van der Waals surface area (Å²) in [5.74, 6) is 2.34. The summed E-state index contributed by atoms with van der Waals surface area (Å²) in [4.78, 5) is 18.9. The van der Waals surface area contributed by atoms with E-state index >= 15 is 0 Å². The van der Waals surface area contributed by atoms with E-state index in [1.807, 2.05) is 72.8 Å². The van der Waals surface area contributed by atoms with Crippen LogP contribution < -0.4 is 15.0 Å². The Morgan fingerprint density at radius 3 is 2.41 bits per heavy atom. The quantitative estimate of drug-likeness (QED) is 0.279. The SMILES string of the molecule is COc1c([S+](C)CCCOc2ccccc2)c(=O)n(Cc2ccccc2)c2ncccc12. The van der Waals surface area contributed by atoms with Crippen molar-refractivity contribution in [2.45, 2.75) is 17.9 Å². The lowest BCUT2D eigenvalue weighted by molar-refractivity contribution is 0.318. The number of pyridine rings is 2. The highest BCUT2D eigenvalue weighted by Gasteiger charge is 2.30. The molecule has 164 valence electrons. The molecule has 0 fully saturated rings. The van der Waals surface area contributed by atoms with Crippen molar-refractivity contribution < 1.29 is 9.47 Å². The van der Waals surface area contributed by atoms with Gasteiger partial charge in [0, 0.05) is 23.5 Å². The maximum absolute atomic E-state index is 13.7. The molecular weight excluding hydrogens is 420 g/mol. The van der Waals surface area contributed by atoms with Gasteiger partial charge in [-0.3, -0.25) is 9.36 Å². The largest absolute Gasteiger partial charge is 0.493 e. The molecule has 0 spiro atoms. The molecule has 5 nitrogen and oxygen atoms in total. The van der Waals surface area contributed by atoms with Gasteiger partial charge in [-0.25, -0.2) is 4.98 Å². The Kier molecular flexibility index (Phi) is 7.12. The van der Waals surface area contributed by atoms with Crippen LogP contribution in [0.1, 0.15) is 12.0 Å². The zero-order valence-corrected chi connectivity index (χ0v) is 19.2. The smallest absolute Gasteiger partial charge is 0.311 e. The average molecular weight is 448 g/mol. The van der Waals surface area contributed by atoms with E-state index in [0.717, 1.165) is 33.8 Å². The fraction of sp³-hybridized carbons (Fsp3) is 0.231. The van der Waals surface area contributed by atoms with Gasteiger partial charge in [0.1, 0.15) is 23.4 Å². The molecule has 6 heteroatoms. The molecule has 4 aromatic rings. The molecule has 0 saturated heterocycles. The van der Waals surface area contributed by atoms with E-state index in [2.05, 4.69) is 11.2 Å². The number of aromatic nitrogens is 2. The summed E-state index contributed by atoms with van der Waals surface area (Å²) in [5.41, 5.74) is 1.67.